The second-order valence-corrected chi connectivity index (χ2v) is 5.39. The molecule has 0 aromatic carbocycles. The second-order valence-electron chi connectivity index (χ2n) is 5.39. The molecule has 1 aliphatic rings. The molecule has 17 heavy (non-hydrogen) atoms. The average molecular weight is 241 g/mol. The predicted molar refractivity (Wildman–Crippen MR) is 71.0 cm³/mol. The highest BCUT2D eigenvalue weighted by atomic mass is 16.2. The Hall–Kier alpha value is -0.610. The van der Waals surface area contributed by atoms with Crippen LogP contribution in [-0.2, 0) is 4.79 Å². The molecule has 2 N–H and O–H groups in total. The van der Waals surface area contributed by atoms with Gasteiger partial charge in [0.1, 0.15) is 0 Å². The Balaban J connectivity index is 2.49. The minimum atomic E-state index is -0.291. The van der Waals surface area contributed by atoms with Crippen LogP contribution in [0.25, 0.3) is 0 Å². The van der Waals surface area contributed by atoms with Crippen LogP contribution >= 0.6 is 0 Å². The van der Waals surface area contributed by atoms with E-state index in [1.807, 2.05) is 14.1 Å². The summed E-state index contributed by atoms with van der Waals surface area (Å²) in [6, 6.07) is 0.374. The monoisotopic (exact) mass is 241 g/mol. The number of hydrogen-bond donors (Lipinski definition) is 2. The van der Waals surface area contributed by atoms with Gasteiger partial charge < -0.3 is 15.5 Å². The first-order chi connectivity index (χ1) is 8.02. The number of amides is 1. The molecule has 0 saturated carbocycles. The zero-order valence-corrected chi connectivity index (χ0v) is 11.7. The normalized spacial score (nSPS) is 26.2. The Labute approximate surface area is 105 Å². The van der Waals surface area contributed by atoms with E-state index in [0.717, 1.165) is 38.8 Å². The Bertz CT molecular complexity index is 247. The van der Waals surface area contributed by atoms with Crippen LogP contribution in [0.5, 0.6) is 0 Å². The number of nitrogens with zero attached hydrogens (tertiary/aromatic N) is 1. The largest absolute Gasteiger partial charge is 0.353 e. The van der Waals surface area contributed by atoms with Crippen LogP contribution in [0.4, 0.5) is 0 Å². The number of rotatable bonds is 6. The predicted octanol–water partition coefficient (Wildman–Crippen LogP) is 0.975. The van der Waals surface area contributed by atoms with Gasteiger partial charge in [-0.05, 0) is 46.8 Å². The van der Waals surface area contributed by atoms with E-state index in [-0.39, 0.29) is 11.4 Å². The van der Waals surface area contributed by atoms with Gasteiger partial charge in [-0.15, -0.1) is 0 Å². The summed E-state index contributed by atoms with van der Waals surface area (Å²) in [5.41, 5.74) is -0.291. The van der Waals surface area contributed by atoms with Crippen molar-refractivity contribution in [3.05, 3.63) is 0 Å². The molecular formula is C13H27N3O. The van der Waals surface area contributed by atoms with Gasteiger partial charge in [0, 0.05) is 12.6 Å². The van der Waals surface area contributed by atoms with Crippen LogP contribution in [-0.4, -0.2) is 49.6 Å². The first-order valence-corrected chi connectivity index (χ1v) is 6.71. The molecule has 4 heteroatoms. The van der Waals surface area contributed by atoms with Crippen molar-refractivity contribution in [3.8, 4) is 0 Å². The van der Waals surface area contributed by atoms with E-state index < -0.39 is 0 Å². The number of carbonyl (C=O) groups excluding carboxylic acids is 1. The zero-order chi connectivity index (χ0) is 12.9. The van der Waals surface area contributed by atoms with Gasteiger partial charge in [0.25, 0.3) is 0 Å². The zero-order valence-electron chi connectivity index (χ0n) is 11.7. The molecule has 1 fully saturated rings. The van der Waals surface area contributed by atoms with Crippen LogP contribution in [0, 0.1) is 0 Å². The van der Waals surface area contributed by atoms with Crippen molar-refractivity contribution in [2.75, 3.05) is 27.2 Å². The third-order valence-corrected chi connectivity index (χ3v) is 3.79. The smallest absolute Gasteiger partial charge is 0.240 e. The summed E-state index contributed by atoms with van der Waals surface area (Å²) in [5.74, 6) is 0.186. The lowest BCUT2D eigenvalue weighted by molar-refractivity contribution is -0.127. The summed E-state index contributed by atoms with van der Waals surface area (Å²) in [7, 11) is 4.07. The van der Waals surface area contributed by atoms with Crippen molar-refractivity contribution in [1.82, 2.24) is 15.5 Å². The lowest BCUT2D eigenvalue weighted by Gasteiger charge is -2.29. The van der Waals surface area contributed by atoms with Gasteiger partial charge in [-0.1, -0.05) is 13.3 Å². The fraction of sp³-hybridized carbons (Fsp3) is 0.923. The molecule has 1 aliphatic heterocycles. The van der Waals surface area contributed by atoms with E-state index in [0.29, 0.717) is 6.04 Å². The maximum Gasteiger partial charge on any atom is 0.240 e. The average Bonchev–Trinajstić information content (AvgIpc) is 2.75. The molecule has 4 nitrogen and oxygen atoms in total. The van der Waals surface area contributed by atoms with Crippen molar-refractivity contribution in [2.24, 2.45) is 0 Å². The van der Waals surface area contributed by atoms with Crippen molar-refractivity contribution >= 4 is 5.91 Å². The Morgan fingerprint density at radius 3 is 2.71 bits per heavy atom. The number of likely N-dealkylation sites (N-methyl/N-ethyl adjacent to an activating group) is 1. The topological polar surface area (TPSA) is 44.4 Å². The van der Waals surface area contributed by atoms with Crippen molar-refractivity contribution in [3.63, 3.8) is 0 Å². The Kier molecular flexibility index (Phi) is 5.40. The summed E-state index contributed by atoms with van der Waals surface area (Å²) in [6.07, 6.45) is 4.07. The van der Waals surface area contributed by atoms with E-state index in [4.69, 9.17) is 0 Å². The highest BCUT2D eigenvalue weighted by Gasteiger charge is 2.39. The van der Waals surface area contributed by atoms with E-state index in [9.17, 15) is 4.79 Å². The van der Waals surface area contributed by atoms with Crippen molar-refractivity contribution < 1.29 is 4.79 Å². The summed E-state index contributed by atoms with van der Waals surface area (Å²) in [6.45, 7) is 5.95. The first kappa shape index (κ1) is 14.5. The van der Waals surface area contributed by atoms with E-state index in [2.05, 4.69) is 29.4 Å². The SMILES string of the molecule is CCCC1(C(=O)NCC(C)N(C)C)CCCN1. The minimum absolute atomic E-state index is 0.186. The molecule has 2 atom stereocenters. The Morgan fingerprint density at radius 1 is 1.53 bits per heavy atom. The molecular weight excluding hydrogens is 214 g/mol. The molecule has 0 spiro atoms. The standard InChI is InChI=1S/C13H27N3O/c1-5-7-13(8-6-9-15-13)12(17)14-10-11(2)16(3)4/h11,15H,5-10H2,1-4H3,(H,14,17). The molecule has 1 saturated heterocycles. The first-order valence-electron chi connectivity index (χ1n) is 6.71. The maximum atomic E-state index is 12.3. The van der Waals surface area contributed by atoms with Gasteiger partial charge in [-0.2, -0.15) is 0 Å². The summed E-state index contributed by atoms with van der Waals surface area (Å²) in [4.78, 5) is 14.4. The fourth-order valence-electron chi connectivity index (χ4n) is 2.35. The summed E-state index contributed by atoms with van der Waals surface area (Å²) >= 11 is 0. The highest BCUT2D eigenvalue weighted by Crippen LogP contribution is 2.24. The highest BCUT2D eigenvalue weighted by molar-refractivity contribution is 5.86. The van der Waals surface area contributed by atoms with Crippen molar-refractivity contribution in [2.45, 2.75) is 51.1 Å². The molecule has 1 amide bonds. The van der Waals surface area contributed by atoms with E-state index >= 15 is 0 Å². The van der Waals surface area contributed by atoms with Crippen LogP contribution in [0.1, 0.15) is 39.5 Å². The molecule has 0 radical (unpaired) electrons. The lowest BCUT2D eigenvalue weighted by atomic mass is 9.91. The summed E-state index contributed by atoms with van der Waals surface area (Å²) in [5, 5.41) is 6.49. The third-order valence-electron chi connectivity index (χ3n) is 3.79. The van der Waals surface area contributed by atoms with Gasteiger partial charge in [-0.25, -0.2) is 0 Å². The van der Waals surface area contributed by atoms with Crippen LogP contribution in [0.2, 0.25) is 0 Å². The van der Waals surface area contributed by atoms with Gasteiger partial charge in [0.05, 0.1) is 5.54 Å². The molecule has 100 valence electrons. The molecule has 0 aromatic rings. The van der Waals surface area contributed by atoms with E-state index in [1.54, 1.807) is 0 Å². The molecule has 1 rings (SSSR count). The minimum Gasteiger partial charge on any atom is -0.353 e. The molecule has 0 bridgehead atoms. The Morgan fingerprint density at radius 2 is 2.24 bits per heavy atom. The fourth-order valence-corrected chi connectivity index (χ4v) is 2.35. The molecule has 0 aromatic heterocycles. The number of nitrogens with one attached hydrogen (secondary N) is 2. The van der Waals surface area contributed by atoms with Gasteiger partial charge in [0.15, 0.2) is 0 Å². The van der Waals surface area contributed by atoms with Gasteiger partial charge in [-0.3, -0.25) is 4.79 Å². The third kappa shape index (κ3) is 3.68. The van der Waals surface area contributed by atoms with Crippen LogP contribution in [0.3, 0.4) is 0 Å². The second kappa shape index (κ2) is 6.36. The van der Waals surface area contributed by atoms with Crippen molar-refractivity contribution in [1.29, 1.82) is 0 Å². The van der Waals surface area contributed by atoms with Crippen LogP contribution in [0.15, 0.2) is 0 Å². The molecule has 2 unspecified atom stereocenters. The maximum absolute atomic E-state index is 12.3. The van der Waals surface area contributed by atoms with Gasteiger partial charge in [0.2, 0.25) is 5.91 Å². The number of hydrogen-bond acceptors (Lipinski definition) is 3. The van der Waals surface area contributed by atoms with E-state index in [1.165, 1.54) is 0 Å². The quantitative estimate of drug-likeness (QED) is 0.728. The molecule has 1 heterocycles. The summed E-state index contributed by atoms with van der Waals surface area (Å²) < 4.78 is 0. The molecule has 0 aliphatic carbocycles. The number of carbonyl (C=O) groups is 1. The van der Waals surface area contributed by atoms with Gasteiger partial charge >= 0.3 is 0 Å². The lowest BCUT2D eigenvalue weighted by Crippen LogP contribution is -2.55. The van der Waals surface area contributed by atoms with Crippen LogP contribution < -0.4 is 10.6 Å².